The summed E-state index contributed by atoms with van der Waals surface area (Å²) in [5, 5.41) is 0. The van der Waals surface area contributed by atoms with Gasteiger partial charge in [0, 0.05) is 32.9 Å². The molecule has 0 radical (unpaired) electrons. The number of nitrogens with zero attached hydrogens (tertiary/aromatic N) is 1. The van der Waals surface area contributed by atoms with Crippen molar-refractivity contribution in [1.82, 2.24) is 4.90 Å². The van der Waals surface area contributed by atoms with E-state index in [-0.39, 0.29) is 11.3 Å². The molecule has 0 unspecified atom stereocenters. The van der Waals surface area contributed by atoms with Gasteiger partial charge in [-0.2, -0.15) is 0 Å². The number of carbonyl (C=O) groups is 2. The maximum atomic E-state index is 11.4. The predicted octanol–water partition coefficient (Wildman–Crippen LogP) is 0.978. The Labute approximate surface area is 78.1 Å². The molecule has 0 N–H and O–H groups in total. The highest BCUT2D eigenvalue weighted by molar-refractivity contribution is 5.82. The van der Waals surface area contributed by atoms with Crippen molar-refractivity contribution in [2.24, 2.45) is 5.41 Å². The summed E-state index contributed by atoms with van der Waals surface area (Å²) in [7, 11) is 1.85. The molecular weight excluding hydrogens is 166 g/mol. The van der Waals surface area contributed by atoms with E-state index < -0.39 is 0 Å². The number of Topliss-reactive ketones (excluding diaryl/α,β-unsaturated/α-hetero) is 1. The number of ketones is 1. The van der Waals surface area contributed by atoms with Crippen LogP contribution in [0.4, 0.5) is 0 Å². The zero-order valence-corrected chi connectivity index (χ0v) is 8.01. The van der Waals surface area contributed by atoms with Crippen LogP contribution in [0.2, 0.25) is 0 Å². The smallest absolute Gasteiger partial charge is 0.222 e. The lowest BCUT2D eigenvalue weighted by Gasteiger charge is -2.31. The second kappa shape index (κ2) is 2.82. The maximum Gasteiger partial charge on any atom is 0.222 e. The Balaban J connectivity index is 2.07. The maximum absolute atomic E-state index is 11.4. The average Bonchev–Trinajstić information content (AvgIpc) is 2.36. The van der Waals surface area contributed by atoms with Gasteiger partial charge in [0.1, 0.15) is 5.78 Å². The van der Waals surface area contributed by atoms with Crippen LogP contribution in [-0.4, -0.2) is 30.2 Å². The fourth-order valence-corrected chi connectivity index (χ4v) is 2.50. The molecule has 13 heavy (non-hydrogen) atoms. The Morgan fingerprint density at radius 1 is 1.23 bits per heavy atom. The highest BCUT2D eigenvalue weighted by atomic mass is 16.2. The summed E-state index contributed by atoms with van der Waals surface area (Å²) in [6, 6.07) is 0. The molecule has 1 spiro atoms. The van der Waals surface area contributed by atoms with Gasteiger partial charge >= 0.3 is 0 Å². The van der Waals surface area contributed by atoms with Crippen LogP contribution in [0.15, 0.2) is 0 Å². The lowest BCUT2D eigenvalue weighted by molar-refractivity contribution is -0.127. The molecule has 2 aliphatic rings. The number of hydrogen-bond acceptors (Lipinski definition) is 2. The third kappa shape index (κ3) is 1.47. The van der Waals surface area contributed by atoms with E-state index in [2.05, 4.69) is 0 Å². The molecule has 3 heteroatoms. The van der Waals surface area contributed by atoms with E-state index in [9.17, 15) is 9.59 Å². The van der Waals surface area contributed by atoms with Gasteiger partial charge in [0.25, 0.3) is 0 Å². The lowest BCUT2D eigenvalue weighted by Crippen LogP contribution is -2.30. The van der Waals surface area contributed by atoms with Gasteiger partial charge in [-0.1, -0.05) is 0 Å². The summed E-state index contributed by atoms with van der Waals surface area (Å²) in [6.07, 6.45) is 3.86. The third-order valence-corrected chi connectivity index (χ3v) is 3.39. The molecule has 0 atom stereocenters. The van der Waals surface area contributed by atoms with E-state index >= 15 is 0 Å². The third-order valence-electron chi connectivity index (χ3n) is 3.39. The van der Waals surface area contributed by atoms with Crippen molar-refractivity contribution in [3.63, 3.8) is 0 Å². The molecule has 0 aromatic rings. The predicted molar refractivity (Wildman–Crippen MR) is 48.2 cm³/mol. The molecule has 3 nitrogen and oxygen atoms in total. The second-order valence-corrected chi connectivity index (χ2v) is 4.47. The number of hydrogen-bond donors (Lipinski definition) is 0. The summed E-state index contributed by atoms with van der Waals surface area (Å²) in [5.74, 6) is 0.613. The highest BCUT2D eigenvalue weighted by Crippen LogP contribution is 2.42. The molecule has 1 heterocycles. The second-order valence-electron chi connectivity index (χ2n) is 4.47. The van der Waals surface area contributed by atoms with E-state index in [1.165, 1.54) is 0 Å². The standard InChI is InChI=1S/C10H15NO2/c1-11-7-10(6-9(11)13)4-2-8(12)3-5-10/h2-7H2,1H3. The topological polar surface area (TPSA) is 37.4 Å². The van der Waals surface area contributed by atoms with Crippen molar-refractivity contribution in [2.45, 2.75) is 32.1 Å². The summed E-state index contributed by atoms with van der Waals surface area (Å²) >= 11 is 0. The zero-order chi connectivity index (χ0) is 9.47. The van der Waals surface area contributed by atoms with Crippen molar-refractivity contribution in [2.75, 3.05) is 13.6 Å². The Bertz CT molecular complexity index is 250. The normalized spacial score (nSPS) is 27.3. The first kappa shape index (κ1) is 8.73. The van der Waals surface area contributed by atoms with Crippen LogP contribution in [0.1, 0.15) is 32.1 Å². The zero-order valence-electron chi connectivity index (χ0n) is 8.01. The van der Waals surface area contributed by atoms with Crippen LogP contribution >= 0.6 is 0 Å². The van der Waals surface area contributed by atoms with Gasteiger partial charge in [0.15, 0.2) is 0 Å². The molecule has 1 saturated heterocycles. The van der Waals surface area contributed by atoms with Gasteiger partial charge in [-0.05, 0) is 18.3 Å². The molecule has 72 valence electrons. The lowest BCUT2D eigenvalue weighted by atomic mass is 9.73. The average molecular weight is 181 g/mol. The van der Waals surface area contributed by atoms with E-state index in [1.54, 1.807) is 4.90 Å². The van der Waals surface area contributed by atoms with Crippen molar-refractivity contribution in [1.29, 1.82) is 0 Å². The highest BCUT2D eigenvalue weighted by Gasteiger charge is 2.43. The number of likely N-dealkylation sites (tertiary alicyclic amines) is 1. The number of carbonyl (C=O) groups excluding carboxylic acids is 2. The van der Waals surface area contributed by atoms with E-state index in [1.807, 2.05) is 7.05 Å². The molecule has 2 rings (SSSR count). The minimum absolute atomic E-state index is 0.153. The van der Waals surface area contributed by atoms with Gasteiger partial charge in [-0.25, -0.2) is 0 Å². The Morgan fingerprint density at radius 2 is 1.85 bits per heavy atom. The number of rotatable bonds is 0. The van der Waals surface area contributed by atoms with Gasteiger partial charge in [0.05, 0.1) is 0 Å². The van der Waals surface area contributed by atoms with Crippen LogP contribution < -0.4 is 0 Å². The van der Waals surface area contributed by atoms with Crippen molar-refractivity contribution in [3.05, 3.63) is 0 Å². The quantitative estimate of drug-likeness (QED) is 0.558. The monoisotopic (exact) mass is 181 g/mol. The van der Waals surface area contributed by atoms with Crippen LogP contribution in [0, 0.1) is 5.41 Å². The molecule has 2 fully saturated rings. The summed E-state index contributed by atoms with van der Waals surface area (Å²) in [6.45, 7) is 0.860. The van der Waals surface area contributed by atoms with Gasteiger partial charge in [0.2, 0.25) is 5.91 Å². The van der Waals surface area contributed by atoms with Gasteiger partial charge < -0.3 is 4.90 Å². The molecule has 0 bridgehead atoms. The van der Waals surface area contributed by atoms with E-state index in [0.717, 1.165) is 19.4 Å². The number of amides is 1. The Morgan fingerprint density at radius 3 is 2.31 bits per heavy atom. The van der Waals surface area contributed by atoms with Gasteiger partial charge in [-0.15, -0.1) is 0 Å². The fraction of sp³-hybridized carbons (Fsp3) is 0.800. The molecule has 1 saturated carbocycles. The molecule has 0 aromatic carbocycles. The molecule has 0 aromatic heterocycles. The van der Waals surface area contributed by atoms with Crippen molar-refractivity contribution >= 4 is 11.7 Å². The van der Waals surface area contributed by atoms with E-state index in [0.29, 0.717) is 25.0 Å². The summed E-state index contributed by atoms with van der Waals surface area (Å²) < 4.78 is 0. The largest absolute Gasteiger partial charge is 0.345 e. The SMILES string of the molecule is CN1CC2(CCC(=O)CC2)CC1=O. The summed E-state index contributed by atoms with van der Waals surface area (Å²) in [4.78, 5) is 24.2. The Hall–Kier alpha value is -0.860. The van der Waals surface area contributed by atoms with Crippen LogP contribution in [0.25, 0.3) is 0 Å². The van der Waals surface area contributed by atoms with Crippen LogP contribution in [-0.2, 0) is 9.59 Å². The van der Waals surface area contributed by atoms with Crippen molar-refractivity contribution in [3.8, 4) is 0 Å². The molecule has 1 aliphatic carbocycles. The first-order chi connectivity index (χ1) is 6.11. The first-order valence-corrected chi connectivity index (χ1v) is 4.87. The fourth-order valence-electron chi connectivity index (χ4n) is 2.50. The van der Waals surface area contributed by atoms with E-state index in [4.69, 9.17) is 0 Å². The van der Waals surface area contributed by atoms with Crippen molar-refractivity contribution < 1.29 is 9.59 Å². The van der Waals surface area contributed by atoms with Crippen LogP contribution in [0.3, 0.4) is 0 Å². The van der Waals surface area contributed by atoms with Crippen LogP contribution in [0.5, 0.6) is 0 Å². The van der Waals surface area contributed by atoms with Gasteiger partial charge in [-0.3, -0.25) is 9.59 Å². The summed E-state index contributed by atoms with van der Waals surface area (Å²) in [5.41, 5.74) is 0.153. The molecular formula is C10H15NO2. The first-order valence-electron chi connectivity index (χ1n) is 4.87. The molecule has 1 aliphatic heterocycles. The molecule has 1 amide bonds. The minimum atomic E-state index is 0.153. The Kier molecular flexibility index (Phi) is 1.90. The minimum Gasteiger partial charge on any atom is -0.345 e.